The Morgan fingerprint density at radius 3 is 2.70 bits per heavy atom. The fourth-order valence-corrected chi connectivity index (χ4v) is 3.04. The van der Waals surface area contributed by atoms with Crippen molar-refractivity contribution in [2.45, 2.75) is 24.8 Å². The second-order valence-corrected chi connectivity index (χ2v) is 6.09. The van der Waals surface area contributed by atoms with Crippen molar-refractivity contribution in [3.63, 3.8) is 0 Å². The van der Waals surface area contributed by atoms with Gasteiger partial charge in [-0.3, -0.25) is 0 Å². The van der Waals surface area contributed by atoms with E-state index in [1.165, 1.54) is 5.56 Å². The number of carboxylic acids is 1. The maximum atomic E-state index is 11.0. The molecule has 1 saturated carbocycles. The molecular formula is C19H21NO3. The van der Waals surface area contributed by atoms with E-state index in [1.807, 2.05) is 24.3 Å². The standard InChI is InChI=1S/C19H21NO3/c1-23-17-8-3-2-7-16(17)19(9-10-19)13-20-12-14-5-4-6-15(11-14)18(21)22/h2-8,11,20H,9-10,12-13H2,1H3,(H,21,22). The second kappa shape index (κ2) is 6.42. The molecule has 0 amide bonds. The molecule has 1 fully saturated rings. The Labute approximate surface area is 136 Å². The Hall–Kier alpha value is -2.33. The first-order chi connectivity index (χ1) is 11.1. The van der Waals surface area contributed by atoms with Crippen molar-refractivity contribution in [2.75, 3.05) is 13.7 Å². The first-order valence-electron chi connectivity index (χ1n) is 7.81. The number of hydrogen-bond acceptors (Lipinski definition) is 3. The van der Waals surface area contributed by atoms with E-state index in [4.69, 9.17) is 9.84 Å². The van der Waals surface area contributed by atoms with Crippen LogP contribution in [0.3, 0.4) is 0 Å². The van der Waals surface area contributed by atoms with Crippen LogP contribution in [0.2, 0.25) is 0 Å². The summed E-state index contributed by atoms with van der Waals surface area (Å²) >= 11 is 0. The quantitative estimate of drug-likeness (QED) is 0.824. The predicted molar refractivity (Wildman–Crippen MR) is 89.0 cm³/mol. The Morgan fingerprint density at radius 1 is 1.22 bits per heavy atom. The summed E-state index contributed by atoms with van der Waals surface area (Å²) in [7, 11) is 1.71. The molecule has 0 aliphatic heterocycles. The van der Waals surface area contributed by atoms with Crippen molar-refractivity contribution in [2.24, 2.45) is 0 Å². The van der Waals surface area contributed by atoms with Gasteiger partial charge < -0.3 is 15.2 Å². The fraction of sp³-hybridized carbons (Fsp3) is 0.316. The monoisotopic (exact) mass is 311 g/mol. The molecule has 4 heteroatoms. The molecule has 23 heavy (non-hydrogen) atoms. The molecule has 0 atom stereocenters. The van der Waals surface area contributed by atoms with Crippen molar-refractivity contribution in [3.05, 3.63) is 65.2 Å². The predicted octanol–water partition coefficient (Wildman–Crippen LogP) is 3.21. The van der Waals surface area contributed by atoms with Gasteiger partial charge in [0, 0.05) is 24.1 Å². The Kier molecular flexibility index (Phi) is 4.35. The number of rotatable bonds is 7. The highest BCUT2D eigenvalue weighted by Gasteiger charge is 2.45. The zero-order valence-corrected chi connectivity index (χ0v) is 13.2. The van der Waals surface area contributed by atoms with Crippen LogP contribution in [0.4, 0.5) is 0 Å². The Morgan fingerprint density at radius 2 is 2.00 bits per heavy atom. The highest BCUT2D eigenvalue weighted by atomic mass is 16.5. The minimum Gasteiger partial charge on any atom is -0.496 e. The van der Waals surface area contributed by atoms with Gasteiger partial charge in [-0.05, 0) is 36.6 Å². The molecule has 0 radical (unpaired) electrons. The maximum Gasteiger partial charge on any atom is 0.335 e. The molecule has 1 aliphatic rings. The number of carbonyl (C=O) groups is 1. The van der Waals surface area contributed by atoms with Crippen molar-refractivity contribution >= 4 is 5.97 Å². The van der Waals surface area contributed by atoms with Gasteiger partial charge in [0.25, 0.3) is 0 Å². The molecule has 120 valence electrons. The molecule has 0 unspecified atom stereocenters. The van der Waals surface area contributed by atoms with Gasteiger partial charge >= 0.3 is 5.97 Å². The van der Waals surface area contributed by atoms with Crippen LogP contribution in [-0.2, 0) is 12.0 Å². The molecule has 0 spiro atoms. The molecular weight excluding hydrogens is 290 g/mol. The lowest BCUT2D eigenvalue weighted by molar-refractivity contribution is 0.0696. The molecule has 1 aliphatic carbocycles. The van der Waals surface area contributed by atoms with E-state index in [1.54, 1.807) is 25.3 Å². The lowest BCUT2D eigenvalue weighted by Crippen LogP contribution is -2.27. The summed E-state index contributed by atoms with van der Waals surface area (Å²) in [6, 6.07) is 15.2. The number of carboxylic acid groups (broad SMARTS) is 1. The largest absolute Gasteiger partial charge is 0.496 e. The fourth-order valence-electron chi connectivity index (χ4n) is 3.04. The van der Waals surface area contributed by atoms with Crippen LogP contribution < -0.4 is 10.1 Å². The minimum atomic E-state index is -0.889. The second-order valence-electron chi connectivity index (χ2n) is 6.09. The van der Waals surface area contributed by atoms with Gasteiger partial charge in [-0.1, -0.05) is 30.3 Å². The van der Waals surface area contributed by atoms with Crippen molar-refractivity contribution in [3.8, 4) is 5.75 Å². The Bertz CT molecular complexity index is 707. The average molecular weight is 311 g/mol. The SMILES string of the molecule is COc1ccccc1C1(CNCc2cccc(C(=O)O)c2)CC1. The van der Waals surface area contributed by atoms with Gasteiger partial charge in [0.1, 0.15) is 5.75 Å². The molecule has 4 nitrogen and oxygen atoms in total. The van der Waals surface area contributed by atoms with Crippen LogP contribution in [-0.4, -0.2) is 24.7 Å². The summed E-state index contributed by atoms with van der Waals surface area (Å²) in [6.45, 7) is 1.53. The molecule has 0 bridgehead atoms. The van der Waals surface area contributed by atoms with Crippen molar-refractivity contribution in [1.82, 2.24) is 5.32 Å². The van der Waals surface area contributed by atoms with Gasteiger partial charge in [-0.2, -0.15) is 0 Å². The third kappa shape index (κ3) is 3.37. The van der Waals surface area contributed by atoms with Crippen molar-refractivity contribution < 1.29 is 14.6 Å². The van der Waals surface area contributed by atoms with E-state index in [2.05, 4.69) is 11.4 Å². The van der Waals surface area contributed by atoms with E-state index in [9.17, 15) is 4.79 Å². The first-order valence-corrected chi connectivity index (χ1v) is 7.81. The van der Waals surface area contributed by atoms with Crippen LogP contribution in [0.15, 0.2) is 48.5 Å². The molecule has 2 N–H and O–H groups in total. The van der Waals surface area contributed by atoms with Gasteiger partial charge in [-0.25, -0.2) is 4.79 Å². The lowest BCUT2D eigenvalue weighted by Gasteiger charge is -2.19. The summed E-state index contributed by atoms with van der Waals surface area (Å²) < 4.78 is 5.49. The highest BCUT2D eigenvalue weighted by Crippen LogP contribution is 2.50. The average Bonchev–Trinajstić information content (AvgIpc) is 3.36. The van der Waals surface area contributed by atoms with Gasteiger partial charge in [-0.15, -0.1) is 0 Å². The van der Waals surface area contributed by atoms with E-state index < -0.39 is 5.97 Å². The van der Waals surface area contributed by atoms with Gasteiger partial charge in [0.15, 0.2) is 0 Å². The third-order valence-electron chi connectivity index (χ3n) is 4.50. The molecule has 0 aromatic heterocycles. The summed E-state index contributed by atoms with van der Waals surface area (Å²) in [6.07, 6.45) is 2.30. The van der Waals surface area contributed by atoms with Crippen LogP contribution in [0.5, 0.6) is 5.75 Å². The summed E-state index contributed by atoms with van der Waals surface area (Å²) in [4.78, 5) is 11.0. The van der Waals surface area contributed by atoms with E-state index in [-0.39, 0.29) is 5.41 Å². The number of para-hydroxylation sites is 1. The van der Waals surface area contributed by atoms with E-state index in [0.29, 0.717) is 12.1 Å². The molecule has 3 rings (SSSR count). The molecule has 0 saturated heterocycles. The zero-order valence-electron chi connectivity index (χ0n) is 13.2. The zero-order chi connectivity index (χ0) is 16.3. The van der Waals surface area contributed by atoms with Crippen LogP contribution in [0, 0.1) is 0 Å². The number of aromatic carboxylic acids is 1. The smallest absolute Gasteiger partial charge is 0.335 e. The van der Waals surface area contributed by atoms with E-state index >= 15 is 0 Å². The molecule has 2 aromatic carbocycles. The number of methoxy groups -OCH3 is 1. The number of ether oxygens (including phenoxy) is 1. The van der Waals surface area contributed by atoms with Gasteiger partial charge in [0.2, 0.25) is 0 Å². The minimum absolute atomic E-state index is 0.150. The highest BCUT2D eigenvalue weighted by molar-refractivity contribution is 5.87. The van der Waals surface area contributed by atoms with Crippen LogP contribution in [0.25, 0.3) is 0 Å². The maximum absolute atomic E-state index is 11.0. The topological polar surface area (TPSA) is 58.6 Å². The van der Waals surface area contributed by atoms with Crippen molar-refractivity contribution in [1.29, 1.82) is 0 Å². The number of benzene rings is 2. The van der Waals surface area contributed by atoms with Gasteiger partial charge in [0.05, 0.1) is 12.7 Å². The third-order valence-corrected chi connectivity index (χ3v) is 4.50. The lowest BCUT2D eigenvalue weighted by atomic mass is 9.94. The molecule has 2 aromatic rings. The van der Waals surface area contributed by atoms with Crippen LogP contribution >= 0.6 is 0 Å². The first kappa shape index (κ1) is 15.6. The number of nitrogens with one attached hydrogen (secondary N) is 1. The summed E-state index contributed by atoms with van der Waals surface area (Å²) in [5, 5.41) is 12.5. The summed E-state index contributed by atoms with van der Waals surface area (Å²) in [5.74, 6) is 0.0548. The normalized spacial score (nSPS) is 15.2. The molecule has 0 heterocycles. The summed E-state index contributed by atoms with van der Waals surface area (Å²) in [5.41, 5.74) is 2.72. The van der Waals surface area contributed by atoms with Crippen LogP contribution in [0.1, 0.15) is 34.3 Å². The number of hydrogen-bond donors (Lipinski definition) is 2. The Balaban J connectivity index is 1.64. The van der Waals surface area contributed by atoms with E-state index in [0.717, 1.165) is 30.7 Å².